The summed E-state index contributed by atoms with van der Waals surface area (Å²) in [6.07, 6.45) is 1.82. The Labute approximate surface area is 39.7 Å². The highest BCUT2D eigenvalue weighted by Gasteiger charge is 1.70. The van der Waals surface area contributed by atoms with Crippen LogP contribution in [0.3, 0.4) is 0 Å². The fraction of sp³-hybridized carbons (Fsp3) is 0.500. The molecule has 1 nitrogen and oxygen atoms in total. The molecule has 0 spiro atoms. The predicted octanol–water partition coefficient (Wildman–Crippen LogP) is 0.429. The van der Waals surface area contributed by atoms with Gasteiger partial charge >= 0.3 is 0 Å². The molecule has 1 radical (unpaired) electrons. The van der Waals surface area contributed by atoms with E-state index in [2.05, 4.69) is 11.8 Å². The van der Waals surface area contributed by atoms with Gasteiger partial charge in [-0.3, -0.25) is 0 Å². The lowest BCUT2D eigenvalue weighted by Crippen LogP contribution is -2.14. The summed E-state index contributed by atoms with van der Waals surface area (Å²) in [6.45, 7) is 6.34. The minimum Gasteiger partial charge on any atom is -0.357 e. The van der Waals surface area contributed by atoms with E-state index in [-0.39, 0.29) is 0 Å². The largest absolute Gasteiger partial charge is 0.357 e. The summed E-state index contributed by atoms with van der Waals surface area (Å²) in [6, 6.07) is 0. The average Bonchev–Trinajstić information content (AvgIpc) is 1.61. The lowest BCUT2D eigenvalue weighted by Gasteiger charge is -1.86. The van der Waals surface area contributed by atoms with Crippen LogP contribution >= 0.6 is 0 Å². The molecule has 0 aromatic rings. The molecule has 33 valence electrons. The van der Waals surface area contributed by atoms with Crippen molar-refractivity contribution < 1.29 is 0 Å². The lowest BCUT2D eigenvalue weighted by molar-refractivity contribution is 1.10. The Morgan fingerprint density at radius 1 is 2.00 bits per heavy atom. The normalized spacial score (nSPS) is 7.50. The maximum absolute atomic E-state index is 3.52. The number of nitrogens with one attached hydrogen (secondary N) is 1. The second-order valence-corrected chi connectivity index (χ2v) is 0.986. The summed E-state index contributed by atoms with van der Waals surface area (Å²) >= 11 is 0. The predicted molar refractivity (Wildman–Crippen MR) is 29.8 cm³/mol. The molecule has 6 heavy (non-hydrogen) atoms. The third-order valence-electron chi connectivity index (χ3n) is 0.466. The Bertz CT molecular complexity index is 36.5. The fourth-order valence-electron chi connectivity index (χ4n) is 0.201. The van der Waals surface area contributed by atoms with Crippen LogP contribution in [0.2, 0.25) is 6.82 Å². The van der Waals surface area contributed by atoms with E-state index < -0.39 is 0 Å². The summed E-state index contributed by atoms with van der Waals surface area (Å²) in [5, 5.41) is 2.95. The molecular formula is C4H9BN. The molecule has 0 unspecified atom stereocenters. The highest BCUT2D eigenvalue weighted by molar-refractivity contribution is 6.29. The van der Waals surface area contributed by atoms with Gasteiger partial charge in [-0.15, -0.1) is 6.58 Å². The first-order valence-electron chi connectivity index (χ1n) is 2.04. The van der Waals surface area contributed by atoms with E-state index in [0.29, 0.717) is 0 Å². The van der Waals surface area contributed by atoms with Gasteiger partial charge in [0.2, 0.25) is 7.41 Å². The van der Waals surface area contributed by atoms with Crippen LogP contribution in [0, 0.1) is 0 Å². The molecule has 0 aliphatic carbocycles. The quantitative estimate of drug-likeness (QED) is 0.295. The number of rotatable bonds is 3. The maximum Gasteiger partial charge on any atom is 0.202 e. The first-order chi connectivity index (χ1) is 2.91. The molecule has 0 heterocycles. The molecule has 0 fully saturated rings. The summed E-state index contributed by atoms with van der Waals surface area (Å²) in [5.74, 6) is 0. The van der Waals surface area contributed by atoms with Crippen molar-refractivity contribution in [3.63, 3.8) is 0 Å². The van der Waals surface area contributed by atoms with Crippen molar-refractivity contribution in [1.82, 2.24) is 5.23 Å². The van der Waals surface area contributed by atoms with Crippen LogP contribution in [-0.4, -0.2) is 14.0 Å². The highest BCUT2D eigenvalue weighted by atomic mass is 14.7. The molecule has 0 aromatic heterocycles. The van der Waals surface area contributed by atoms with E-state index in [0.717, 1.165) is 6.54 Å². The highest BCUT2D eigenvalue weighted by Crippen LogP contribution is 1.53. The van der Waals surface area contributed by atoms with Crippen LogP contribution in [0.25, 0.3) is 0 Å². The SMILES string of the molecule is C=CCN[B]C. The molecule has 0 aliphatic rings. The van der Waals surface area contributed by atoms with Gasteiger partial charge in [0.25, 0.3) is 0 Å². The molecule has 0 saturated carbocycles. The van der Waals surface area contributed by atoms with Crippen molar-refractivity contribution in [2.45, 2.75) is 6.82 Å². The van der Waals surface area contributed by atoms with Crippen molar-refractivity contribution in [2.24, 2.45) is 0 Å². The van der Waals surface area contributed by atoms with Crippen LogP contribution in [0.15, 0.2) is 12.7 Å². The van der Waals surface area contributed by atoms with E-state index >= 15 is 0 Å². The van der Waals surface area contributed by atoms with Crippen LogP contribution < -0.4 is 5.23 Å². The maximum atomic E-state index is 3.52. The first kappa shape index (κ1) is 5.76. The van der Waals surface area contributed by atoms with E-state index in [1.807, 2.05) is 20.3 Å². The molecule has 1 N–H and O–H groups in total. The van der Waals surface area contributed by atoms with Crippen LogP contribution in [0.5, 0.6) is 0 Å². The van der Waals surface area contributed by atoms with Gasteiger partial charge in [0.15, 0.2) is 0 Å². The molecule has 2 heteroatoms. The van der Waals surface area contributed by atoms with E-state index in [1.165, 1.54) is 0 Å². The second-order valence-electron chi connectivity index (χ2n) is 0.986. The van der Waals surface area contributed by atoms with Gasteiger partial charge in [-0.25, -0.2) is 0 Å². The van der Waals surface area contributed by atoms with Gasteiger partial charge < -0.3 is 5.23 Å². The molecule has 0 saturated heterocycles. The summed E-state index contributed by atoms with van der Waals surface area (Å²) in [5.41, 5.74) is 0. The lowest BCUT2D eigenvalue weighted by atomic mass is 10.0. The molecule has 0 aromatic carbocycles. The van der Waals surface area contributed by atoms with Crippen molar-refractivity contribution in [1.29, 1.82) is 0 Å². The Hall–Kier alpha value is -0.235. The van der Waals surface area contributed by atoms with E-state index in [9.17, 15) is 0 Å². The number of hydrogen-bond donors (Lipinski definition) is 1. The molecule has 0 aliphatic heterocycles. The minimum absolute atomic E-state index is 0.872. The summed E-state index contributed by atoms with van der Waals surface area (Å²) in [4.78, 5) is 0. The molecule has 0 amide bonds. The van der Waals surface area contributed by atoms with Crippen LogP contribution in [0.1, 0.15) is 0 Å². The fourth-order valence-corrected chi connectivity index (χ4v) is 0.201. The average molecular weight is 81.9 g/mol. The third-order valence-corrected chi connectivity index (χ3v) is 0.466. The van der Waals surface area contributed by atoms with Gasteiger partial charge in [0.1, 0.15) is 0 Å². The molecular weight excluding hydrogens is 72.9 g/mol. The Balaban J connectivity index is 2.49. The summed E-state index contributed by atoms with van der Waals surface area (Å²) in [7, 11) is 1.89. The van der Waals surface area contributed by atoms with Gasteiger partial charge in [-0.1, -0.05) is 12.9 Å². The van der Waals surface area contributed by atoms with Gasteiger partial charge in [-0.2, -0.15) is 0 Å². The summed E-state index contributed by atoms with van der Waals surface area (Å²) < 4.78 is 0. The second kappa shape index (κ2) is 4.76. The zero-order valence-corrected chi connectivity index (χ0v) is 4.07. The number of hydrogen-bond acceptors (Lipinski definition) is 1. The van der Waals surface area contributed by atoms with E-state index in [1.54, 1.807) is 0 Å². The zero-order valence-electron chi connectivity index (χ0n) is 4.07. The topological polar surface area (TPSA) is 12.0 Å². The van der Waals surface area contributed by atoms with Gasteiger partial charge in [0.05, 0.1) is 0 Å². The van der Waals surface area contributed by atoms with Crippen molar-refractivity contribution in [2.75, 3.05) is 6.54 Å². The third kappa shape index (κ3) is 3.76. The van der Waals surface area contributed by atoms with Crippen molar-refractivity contribution in [3.8, 4) is 0 Å². The van der Waals surface area contributed by atoms with Crippen LogP contribution in [0.4, 0.5) is 0 Å². The molecule has 0 rings (SSSR count). The Kier molecular flexibility index (Phi) is 4.58. The zero-order chi connectivity index (χ0) is 4.83. The Morgan fingerprint density at radius 3 is 2.83 bits per heavy atom. The smallest absolute Gasteiger partial charge is 0.202 e. The van der Waals surface area contributed by atoms with Gasteiger partial charge in [-0.05, 0) is 0 Å². The minimum atomic E-state index is 0.872. The Morgan fingerprint density at radius 2 is 2.67 bits per heavy atom. The van der Waals surface area contributed by atoms with Gasteiger partial charge in [0, 0.05) is 6.54 Å². The van der Waals surface area contributed by atoms with Crippen molar-refractivity contribution in [3.05, 3.63) is 12.7 Å². The molecule has 0 bridgehead atoms. The standard InChI is InChI=1S/C4H9BN/c1-3-4-6-5-2/h3,6H,1,4H2,2H3. The molecule has 0 atom stereocenters. The monoisotopic (exact) mass is 82.1 g/mol. The first-order valence-corrected chi connectivity index (χ1v) is 2.04. The van der Waals surface area contributed by atoms with Crippen molar-refractivity contribution >= 4 is 7.41 Å². The van der Waals surface area contributed by atoms with E-state index in [4.69, 9.17) is 0 Å². The van der Waals surface area contributed by atoms with Crippen LogP contribution in [-0.2, 0) is 0 Å².